The van der Waals surface area contributed by atoms with Crippen molar-refractivity contribution >= 4 is 21.8 Å². The maximum absolute atomic E-state index is 13.1. The van der Waals surface area contributed by atoms with E-state index in [1.165, 1.54) is 18.2 Å². The Bertz CT molecular complexity index is 1060. The van der Waals surface area contributed by atoms with E-state index in [1.54, 1.807) is 66.7 Å². The number of nitrogens with one attached hydrogen (secondary N) is 1. The third kappa shape index (κ3) is 4.51. The lowest BCUT2D eigenvalue weighted by Crippen LogP contribution is -2.27. The summed E-state index contributed by atoms with van der Waals surface area (Å²) in [5.41, 5.74) is 2.09. The Morgan fingerprint density at radius 3 is 1.96 bits per heavy atom. The van der Waals surface area contributed by atoms with Crippen molar-refractivity contribution in [2.75, 3.05) is 0 Å². The molecular formula is C22H19NO3S. The zero-order valence-corrected chi connectivity index (χ0v) is 15.6. The second-order valence-corrected chi connectivity index (χ2v) is 7.97. The Kier molecular flexibility index (Phi) is 5.52. The average Bonchev–Trinajstić information content (AvgIpc) is 2.69. The first-order chi connectivity index (χ1) is 13.0. The molecule has 136 valence electrons. The van der Waals surface area contributed by atoms with Gasteiger partial charge in [-0.3, -0.25) is 4.79 Å². The number of amides is 1. The number of benzene rings is 3. The van der Waals surface area contributed by atoms with Gasteiger partial charge in [0.25, 0.3) is 5.91 Å². The molecule has 0 unspecified atom stereocenters. The van der Waals surface area contributed by atoms with Gasteiger partial charge >= 0.3 is 0 Å². The molecule has 0 heterocycles. The third-order valence-electron chi connectivity index (χ3n) is 3.99. The monoisotopic (exact) mass is 377 g/mol. The molecule has 0 aliphatic carbocycles. The van der Waals surface area contributed by atoms with Crippen LogP contribution in [0.15, 0.2) is 94.9 Å². The van der Waals surface area contributed by atoms with Gasteiger partial charge in [-0.15, -0.1) is 0 Å². The lowest BCUT2D eigenvalue weighted by molar-refractivity contribution is 0.0968. The number of rotatable bonds is 5. The van der Waals surface area contributed by atoms with E-state index in [4.69, 9.17) is 0 Å². The number of hydrogen-bond acceptors (Lipinski definition) is 3. The standard InChI is InChI=1S/C22H19NO3S/c1-17-12-14-19(15-13-17)22(24)23-21(16-18-8-4-2-5-9-18)27(25,26)20-10-6-3-7-11-20/h2-16H,1H3,(H,23,24)/b21-16-. The molecule has 0 fully saturated rings. The first-order valence-corrected chi connectivity index (χ1v) is 9.90. The Labute approximate surface area is 159 Å². The van der Waals surface area contributed by atoms with Crippen LogP contribution in [0.2, 0.25) is 0 Å². The molecule has 0 aliphatic rings. The Morgan fingerprint density at radius 1 is 0.815 bits per heavy atom. The zero-order valence-electron chi connectivity index (χ0n) is 14.8. The third-order valence-corrected chi connectivity index (χ3v) is 5.68. The highest BCUT2D eigenvalue weighted by Crippen LogP contribution is 2.20. The molecule has 3 aromatic rings. The Balaban J connectivity index is 2.02. The van der Waals surface area contributed by atoms with E-state index in [-0.39, 0.29) is 9.92 Å². The molecular weight excluding hydrogens is 358 g/mol. The van der Waals surface area contributed by atoms with Crippen LogP contribution in [-0.2, 0) is 9.84 Å². The van der Waals surface area contributed by atoms with Crippen LogP contribution in [0.4, 0.5) is 0 Å². The van der Waals surface area contributed by atoms with Crippen molar-refractivity contribution in [2.24, 2.45) is 0 Å². The van der Waals surface area contributed by atoms with Gasteiger partial charge < -0.3 is 5.32 Å². The van der Waals surface area contributed by atoms with Crippen molar-refractivity contribution in [2.45, 2.75) is 11.8 Å². The fourth-order valence-corrected chi connectivity index (χ4v) is 3.78. The van der Waals surface area contributed by atoms with Gasteiger partial charge in [0.05, 0.1) is 4.90 Å². The number of sulfone groups is 1. The van der Waals surface area contributed by atoms with Gasteiger partial charge in [-0.25, -0.2) is 8.42 Å². The minimum Gasteiger partial charge on any atom is -0.312 e. The van der Waals surface area contributed by atoms with E-state index < -0.39 is 15.7 Å². The summed E-state index contributed by atoms with van der Waals surface area (Å²) >= 11 is 0. The number of carbonyl (C=O) groups is 1. The van der Waals surface area contributed by atoms with Crippen LogP contribution < -0.4 is 5.32 Å². The van der Waals surface area contributed by atoms with Crippen molar-refractivity contribution in [3.63, 3.8) is 0 Å². The van der Waals surface area contributed by atoms with Crippen LogP contribution in [0.3, 0.4) is 0 Å². The quantitative estimate of drug-likeness (QED) is 0.725. The molecule has 0 aliphatic heterocycles. The molecule has 0 atom stereocenters. The van der Waals surface area contributed by atoms with Crippen LogP contribution in [0.5, 0.6) is 0 Å². The summed E-state index contributed by atoms with van der Waals surface area (Å²) in [4.78, 5) is 12.7. The molecule has 5 heteroatoms. The fourth-order valence-electron chi connectivity index (χ4n) is 2.50. The maximum atomic E-state index is 13.1. The summed E-state index contributed by atoms with van der Waals surface area (Å²) in [7, 11) is -3.88. The van der Waals surface area contributed by atoms with Gasteiger partial charge in [-0.1, -0.05) is 66.2 Å². The molecule has 3 aromatic carbocycles. The summed E-state index contributed by atoms with van der Waals surface area (Å²) in [5, 5.41) is 2.41. The maximum Gasteiger partial charge on any atom is 0.256 e. The number of carbonyl (C=O) groups excluding carboxylic acids is 1. The summed E-state index contributed by atoms with van der Waals surface area (Å²) in [5.74, 6) is -0.475. The molecule has 1 amide bonds. The molecule has 0 aromatic heterocycles. The highest BCUT2D eigenvalue weighted by Gasteiger charge is 2.23. The average molecular weight is 377 g/mol. The lowest BCUT2D eigenvalue weighted by Gasteiger charge is -2.12. The Morgan fingerprint density at radius 2 is 1.37 bits per heavy atom. The SMILES string of the molecule is Cc1ccc(C(=O)N/C(=C/c2ccccc2)S(=O)(=O)c2ccccc2)cc1. The summed E-state index contributed by atoms with van der Waals surface area (Å²) < 4.78 is 26.1. The largest absolute Gasteiger partial charge is 0.312 e. The van der Waals surface area contributed by atoms with Crippen LogP contribution >= 0.6 is 0 Å². The van der Waals surface area contributed by atoms with E-state index in [0.29, 0.717) is 11.1 Å². The van der Waals surface area contributed by atoms with Gasteiger partial charge in [0, 0.05) is 5.56 Å². The molecule has 4 nitrogen and oxygen atoms in total. The van der Waals surface area contributed by atoms with Crippen molar-refractivity contribution in [1.82, 2.24) is 5.32 Å². The van der Waals surface area contributed by atoms with Crippen LogP contribution in [0.1, 0.15) is 21.5 Å². The smallest absolute Gasteiger partial charge is 0.256 e. The van der Waals surface area contributed by atoms with Crippen molar-refractivity contribution in [3.05, 3.63) is 107 Å². The highest BCUT2D eigenvalue weighted by atomic mass is 32.2. The van der Waals surface area contributed by atoms with Crippen LogP contribution in [0.25, 0.3) is 6.08 Å². The van der Waals surface area contributed by atoms with Gasteiger partial charge in [-0.05, 0) is 42.8 Å². The van der Waals surface area contributed by atoms with Gasteiger partial charge in [0.2, 0.25) is 9.84 Å². The molecule has 0 spiro atoms. The van der Waals surface area contributed by atoms with Gasteiger partial charge in [-0.2, -0.15) is 0 Å². The first-order valence-electron chi connectivity index (χ1n) is 8.42. The number of hydrogen-bond donors (Lipinski definition) is 1. The van der Waals surface area contributed by atoms with Crippen molar-refractivity contribution in [3.8, 4) is 0 Å². The zero-order chi connectivity index (χ0) is 19.3. The molecule has 0 saturated carbocycles. The second kappa shape index (κ2) is 8.01. The van der Waals surface area contributed by atoms with Gasteiger partial charge in [0.15, 0.2) is 0 Å². The lowest BCUT2D eigenvalue weighted by atomic mass is 10.1. The van der Waals surface area contributed by atoms with E-state index in [9.17, 15) is 13.2 Å². The number of aryl methyl sites for hydroxylation is 1. The molecule has 0 saturated heterocycles. The highest BCUT2D eigenvalue weighted by molar-refractivity contribution is 7.95. The normalized spacial score (nSPS) is 11.8. The summed E-state index contributed by atoms with van der Waals surface area (Å²) in [6.45, 7) is 1.92. The summed E-state index contributed by atoms with van der Waals surface area (Å²) in [6.07, 6.45) is 1.47. The van der Waals surface area contributed by atoms with E-state index in [2.05, 4.69) is 5.32 Å². The second-order valence-electron chi connectivity index (χ2n) is 6.06. The first kappa shape index (κ1) is 18.6. The fraction of sp³-hybridized carbons (Fsp3) is 0.0455. The van der Waals surface area contributed by atoms with Gasteiger partial charge in [0.1, 0.15) is 5.03 Å². The topological polar surface area (TPSA) is 63.2 Å². The summed E-state index contributed by atoms with van der Waals surface area (Å²) in [6, 6.07) is 24.0. The predicted molar refractivity (Wildman–Crippen MR) is 107 cm³/mol. The van der Waals surface area contributed by atoms with E-state index in [0.717, 1.165) is 5.56 Å². The Hall–Kier alpha value is -3.18. The van der Waals surface area contributed by atoms with E-state index in [1.807, 2.05) is 13.0 Å². The van der Waals surface area contributed by atoms with Crippen molar-refractivity contribution in [1.29, 1.82) is 0 Å². The molecule has 0 radical (unpaired) electrons. The molecule has 1 N–H and O–H groups in total. The van der Waals surface area contributed by atoms with Crippen molar-refractivity contribution < 1.29 is 13.2 Å². The molecule has 3 rings (SSSR count). The van der Waals surface area contributed by atoms with E-state index >= 15 is 0 Å². The minimum atomic E-state index is -3.88. The minimum absolute atomic E-state index is 0.122. The van der Waals surface area contributed by atoms with Crippen LogP contribution in [-0.4, -0.2) is 14.3 Å². The van der Waals surface area contributed by atoms with Crippen LogP contribution in [0, 0.1) is 6.92 Å². The predicted octanol–water partition coefficient (Wildman–Crippen LogP) is 4.20. The molecule has 0 bridgehead atoms. The molecule has 27 heavy (non-hydrogen) atoms.